The Balaban J connectivity index is 1.69. The molecule has 0 bridgehead atoms. The molecular weight excluding hydrogens is 276 g/mol. The van der Waals surface area contributed by atoms with Crippen LogP contribution in [0.4, 0.5) is 0 Å². The predicted molar refractivity (Wildman–Crippen MR) is 89.9 cm³/mol. The van der Waals surface area contributed by atoms with Crippen molar-refractivity contribution in [3.8, 4) is 5.88 Å². The van der Waals surface area contributed by atoms with Crippen LogP contribution >= 0.6 is 0 Å². The van der Waals surface area contributed by atoms with E-state index in [9.17, 15) is 0 Å². The summed E-state index contributed by atoms with van der Waals surface area (Å²) in [4.78, 5) is 8.59. The highest BCUT2D eigenvalue weighted by Crippen LogP contribution is 2.29. The van der Waals surface area contributed by atoms with Crippen LogP contribution in [-0.4, -0.2) is 24.1 Å². The molecule has 5 heteroatoms. The van der Waals surface area contributed by atoms with Gasteiger partial charge in [-0.1, -0.05) is 26.2 Å². The number of hydrogen-bond donors (Lipinski definition) is 2. The second-order valence-electron chi connectivity index (χ2n) is 5.95. The van der Waals surface area contributed by atoms with E-state index in [4.69, 9.17) is 10.5 Å². The van der Waals surface area contributed by atoms with Gasteiger partial charge in [-0.15, -0.1) is 0 Å². The lowest BCUT2D eigenvalue weighted by Gasteiger charge is -2.07. The largest absolute Gasteiger partial charge is 0.477 e. The summed E-state index contributed by atoms with van der Waals surface area (Å²) in [5.74, 6) is 1.93. The summed E-state index contributed by atoms with van der Waals surface area (Å²) >= 11 is 0. The minimum atomic E-state index is 0.508. The Morgan fingerprint density at radius 2 is 2.27 bits per heavy atom. The lowest BCUT2D eigenvalue weighted by Crippen LogP contribution is -2.32. The van der Waals surface area contributed by atoms with Crippen LogP contribution < -0.4 is 15.8 Å². The number of aromatic nitrogens is 1. The fourth-order valence-electron chi connectivity index (χ4n) is 2.12. The number of ether oxygens (including phenoxy) is 1. The molecule has 0 aromatic carbocycles. The Kier molecular flexibility index (Phi) is 7.00. The van der Waals surface area contributed by atoms with Gasteiger partial charge in [0.25, 0.3) is 0 Å². The summed E-state index contributed by atoms with van der Waals surface area (Å²) in [7, 11) is 0. The summed E-state index contributed by atoms with van der Waals surface area (Å²) in [5, 5.41) is 3.16. The first-order chi connectivity index (χ1) is 10.8. The molecule has 1 aliphatic carbocycles. The number of nitrogens with zero attached hydrogens (tertiary/aromatic N) is 2. The molecule has 0 unspecified atom stereocenters. The lowest BCUT2D eigenvalue weighted by atomic mass is 10.2. The average molecular weight is 304 g/mol. The maximum Gasteiger partial charge on any atom is 0.213 e. The maximum atomic E-state index is 5.87. The van der Waals surface area contributed by atoms with Crippen molar-refractivity contribution in [2.45, 2.75) is 52.0 Å². The molecular formula is C17H28N4O. The van der Waals surface area contributed by atoms with E-state index in [-0.39, 0.29) is 0 Å². The topological polar surface area (TPSA) is 72.5 Å². The summed E-state index contributed by atoms with van der Waals surface area (Å²) in [6, 6.07) is 3.89. The molecule has 0 spiro atoms. The van der Waals surface area contributed by atoms with Crippen molar-refractivity contribution in [2.24, 2.45) is 16.6 Å². The fourth-order valence-corrected chi connectivity index (χ4v) is 2.12. The molecule has 0 amide bonds. The minimum Gasteiger partial charge on any atom is -0.477 e. The third-order valence-corrected chi connectivity index (χ3v) is 3.73. The third-order valence-electron chi connectivity index (χ3n) is 3.73. The summed E-state index contributed by atoms with van der Waals surface area (Å²) in [6.07, 6.45) is 9.23. The van der Waals surface area contributed by atoms with Crippen LogP contribution in [0.1, 0.15) is 51.0 Å². The van der Waals surface area contributed by atoms with Crippen molar-refractivity contribution in [2.75, 3.05) is 13.2 Å². The Morgan fingerprint density at radius 3 is 3.05 bits per heavy atom. The number of nitrogens with one attached hydrogen (secondary N) is 1. The van der Waals surface area contributed by atoms with Gasteiger partial charge >= 0.3 is 0 Å². The number of hydrogen-bond acceptors (Lipinski definition) is 3. The Hall–Kier alpha value is -1.78. The SMILES string of the molecule is CCCCCCNC(N)=NCc1ccnc(OCC2CC2)c1. The fraction of sp³-hybridized carbons (Fsp3) is 0.647. The van der Waals surface area contributed by atoms with Gasteiger partial charge < -0.3 is 15.8 Å². The Morgan fingerprint density at radius 1 is 1.41 bits per heavy atom. The molecule has 1 saturated carbocycles. The van der Waals surface area contributed by atoms with Crippen molar-refractivity contribution in [3.05, 3.63) is 23.9 Å². The van der Waals surface area contributed by atoms with Gasteiger partial charge in [-0.25, -0.2) is 9.98 Å². The molecule has 3 N–H and O–H groups in total. The minimum absolute atomic E-state index is 0.508. The first-order valence-corrected chi connectivity index (χ1v) is 8.39. The van der Waals surface area contributed by atoms with Crippen LogP contribution in [0.5, 0.6) is 5.88 Å². The third kappa shape index (κ3) is 6.78. The first kappa shape index (κ1) is 16.6. The Labute approximate surface area is 133 Å². The number of guanidine groups is 1. The Bertz CT molecular complexity index is 471. The van der Waals surface area contributed by atoms with Gasteiger partial charge in [0, 0.05) is 18.8 Å². The highest BCUT2D eigenvalue weighted by atomic mass is 16.5. The zero-order valence-electron chi connectivity index (χ0n) is 13.6. The molecule has 122 valence electrons. The lowest BCUT2D eigenvalue weighted by molar-refractivity contribution is 0.288. The van der Waals surface area contributed by atoms with E-state index in [0.29, 0.717) is 18.4 Å². The molecule has 5 nitrogen and oxygen atoms in total. The van der Waals surface area contributed by atoms with Gasteiger partial charge in [0.1, 0.15) is 0 Å². The highest BCUT2D eigenvalue weighted by molar-refractivity contribution is 5.77. The van der Waals surface area contributed by atoms with Crippen LogP contribution in [-0.2, 0) is 6.54 Å². The van der Waals surface area contributed by atoms with Gasteiger partial charge in [0.05, 0.1) is 13.2 Å². The normalized spacial score (nSPS) is 14.9. The van der Waals surface area contributed by atoms with Gasteiger partial charge in [0.15, 0.2) is 5.96 Å². The quantitative estimate of drug-likeness (QED) is 0.396. The molecule has 0 radical (unpaired) electrons. The number of rotatable bonds is 10. The second kappa shape index (κ2) is 9.28. The average Bonchev–Trinajstić information content (AvgIpc) is 3.35. The molecule has 1 fully saturated rings. The molecule has 1 aliphatic rings. The first-order valence-electron chi connectivity index (χ1n) is 8.39. The van der Waals surface area contributed by atoms with Crippen LogP contribution in [0.25, 0.3) is 0 Å². The standard InChI is InChI=1S/C17H28N4O/c1-2-3-4-5-9-20-17(18)21-12-15-8-10-19-16(11-15)22-13-14-6-7-14/h8,10-11,14H,2-7,9,12-13H2,1H3,(H3,18,20,21). The van der Waals surface area contributed by atoms with Crippen molar-refractivity contribution in [1.82, 2.24) is 10.3 Å². The van der Waals surface area contributed by atoms with E-state index >= 15 is 0 Å². The van der Waals surface area contributed by atoms with Crippen LogP contribution in [0, 0.1) is 5.92 Å². The van der Waals surface area contributed by atoms with Gasteiger partial charge in [-0.05, 0) is 36.8 Å². The monoisotopic (exact) mass is 304 g/mol. The van der Waals surface area contributed by atoms with E-state index in [0.717, 1.165) is 31.1 Å². The predicted octanol–water partition coefficient (Wildman–Crippen LogP) is 2.86. The summed E-state index contributed by atoms with van der Waals surface area (Å²) in [6.45, 7) is 4.43. The van der Waals surface area contributed by atoms with Crippen molar-refractivity contribution >= 4 is 5.96 Å². The number of pyridine rings is 1. The zero-order chi connectivity index (χ0) is 15.6. The molecule has 0 aliphatic heterocycles. The zero-order valence-corrected chi connectivity index (χ0v) is 13.6. The number of aliphatic imine (C=N–C) groups is 1. The van der Waals surface area contributed by atoms with Crippen molar-refractivity contribution in [3.63, 3.8) is 0 Å². The molecule has 1 aromatic heterocycles. The van der Waals surface area contributed by atoms with Crippen LogP contribution in [0.3, 0.4) is 0 Å². The van der Waals surface area contributed by atoms with Gasteiger partial charge in [-0.2, -0.15) is 0 Å². The molecule has 1 heterocycles. The van der Waals surface area contributed by atoms with Crippen molar-refractivity contribution < 1.29 is 4.74 Å². The summed E-state index contributed by atoms with van der Waals surface area (Å²) in [5.41, 5.74) is 6.94. The smallest absolute Gasteiger partial charge is 0.213 e. The van der Waals surface area contributed by atoms with E-state index < -0.39 is 0 Å². The number of unbranched alkanes of at least 4 members (excludes halogenated alkanes) is 3. The van der Waals surface area contributed by atoms with E-state index in [1.54, 1.807) is 6.20 Å². The number of nitrogens with two attached hydrogens (primary N) is 1. The van der Waals surface area contributed by atoms with Gasteiger partial charge in [-0.3, -0.25) is 0 Å². The molecule has 0 saturated heterocycles. The molecule has 0 atom stereocenters. The van der Waals surface area contributed by atoms with E-state index in [1.807, 2.05) is 12.1 Å². The van der Waals surface area contributed by atoms with Gasteiger partial charge in [0.2, 0.25) is 5.88 Å². The second-order valence-corrected chi connectivity index (χ2v) is 5.95. The van der Waals surface area contributed by atoms with Crippen LogP contribution in [0.2, 0.25) is 0 Å². The highest BCUT2D eigenvalue weighted by Gasteiger charge is 2.22. The summed E-state index contributed by atoms with van der Waals surface area (Å²) < 4.78 is 5.67. The molecule has 2 rings (SSSR count). The molecule has 22 heavy (non-hydrogen) atoms. The van der Waals surface area contributed by atoms with Crippen LogP contribution in [0.15, 0.2) is 23.3 Å². The maximum absolute atomic E-state index is 5.87. The molecule has 1 aromatic rings. The van der Waals surface area contributed by atoms with E-state index in [1.165, 1.54) is 32.1 Å². The van der Waals surface area contributed by atoms with E-state index in [2.05, 4.69) is 22.2 Å². The van der Waals surface area contributed by atoms with Crippen molar-refractivity contribution in [1.29, 1.82) is 0 Å².